The van der Waals surface area contributed by atoms with Gasteiger partial charge in [0.25, 0.3) is 5.91 Å². The van der Waals surface area contributed by atoms with Crippen LogP contribution >= 0.6 is 0 Å². The number of aromatic nitrogens is 2. The SMILES string of the molecule is O=C(NCc1ncc[nH]1)c1ccccc1[C@H]1CCNC1. The Hall–Kier alpha value is -2.14. The molecule has 5 nitrogen and oxygen atoms in total. The average Bonchev–Trinajstić information content (AvgIpc) is 3.18. The quantitative estimate of drug-likeness (QED) is 0.787. The molecule has 1 atom stereocenters. The second-order valence-electron chi connectivity index (χ2n) is 5.00. The molecule has 2 aromatic rings. The minimum Gasteiger partial charge on any atom is -0.347 e. The Kier molecular flexibility index (Phi) is 3.78. The van der Waals surface area contributed by atoms with Gasteiger partial charge in [-0.3, -0.25) is 4.79 Å². The molecule has 2 heterocycles. The number of H-pyrrole nitrogens is 1. The molecule has 104 valence electrons. The van der Waals surface area contributed by atoms with Crippen molar-refractivity contribution in [1.29, 1.82) is 0 Å². The molecular formula is C15H18N4O. The Morgan fingerprint density at radius 3 is 3.05 bits per heavy atom. The molecule has 3 rings (SSSR count). The van der Waals surface area contributed by atoms with E-state index < -0.39 is 0 Å². The second-order valence-corrected chi connectivity index (χ2v) is 5.00. The third-order valence-electron chi connectivity index (χ3n) is 3.68. The van der Waals surface area contributed by atoms with Crippen LogP contribution in [0.4, 0.5) is 0 Å². The molecular weight excluding hydrogens is 252 g/mol. The molecule has 0 bridgehead atoms. The zero-order valence-corrected chi connectivity index (χ0v) is 11.2. The third-order valence-corrected chi connectivity index (χ3v) is 3.68. The first kappa shape index (κ1) is 12.9. The van der Waals surface area contributed by atoms with Crippen LogP contribution in [-0.2, 0) is 6.54 Å². The van der Waals surface area contributed by atoms with Crippen molar-refractivity contribution in [2.45, 2.75) is 18.9 Å². The number of nitrogens with one attached hydrogen (secondary N) is 3. The molecule has 20 heavy (non-hydrogen) atoms. The number of aromatic amines is 1. The summed E-state index contributed by atoms with van der Waals surface area (Å²) in [5.74, 6) is 1.16. The minimum absolute atomic E-state index is 0.0381. The summed E-state index contributed by atoms with van der Waals surface area (Å²) in [4.78, 5) is 19.4. The zero-order chi connectivity index (χ0) is 13.8. The largest absolute Gasteiger partial charge is 0.347 e. The fraction of sp³-hybridized carbons (Fsp3) is 0.333. The standard InChI is InChI=1S/C15H18N4O/c20-15(19-10-14-17-7-8-18-14)13-4-2-1-3-12(13)11-5-6-16-9-11/h1-4,7-8,11,16H,5-6,9-10H2,(H,17,18)(H,19,20)/t11-/m0/s1. The Bertz CT molecular complexity index is 573. The number of nitrogens with zero attached hydrogens (tertiary/aromatic N) is 1. The van der Waals surface area contributed by atoms with Gasteiger partial charge in [-0.2, -0.15) is 0 Å². The van der Waals surface area contributed by atoms with Crippen LogP contribution in [0.3, 0.4) is 0 Å². The maximum absolute atomic E-state index is 12.3. The number of carbonyl (C=O) groups excluding carboxylic acids is 1. The summed E-state index contributed by atoms with van der Waals surface area (Å²) in [6.07, 6.45) is 4.52. The van der Waals surface area contributed by atoms with Gasteiger partial charge in [0.2, 0.25) is 0 Å². The molecule has 1 saturated heterocycles. The summed E-state index contributed by atoms with van der Waals surface area (Å²) >= 11 is 0. The summed E-state index contributed by atoms with van der Waals surface area (Å²) in [6, 6.07) is 7.86. The first-order chi connectivity index (χ1) is 9.84. The predicted octanol–water partition coefficient (Wildman–Crippen LogP) is 1.42. The minimum atomic E-state index is -0.0381. The predicted molar refractivity (Wildman–Crippen MR) is 76.4 cm³/mol. The van der Waals surface area contributed by atoms with Crippen LogP contribution < -0.4 is 10.6 Å². The summed E-state index contributed by atoms with van der Waals surface area (Å²) < 4.78 is 0. The maximum atomic E-state index is 12.3. The van der Waals surface area contributed by atoms with Crippen LogP contribution in [0.1, 0.15) is 34.1 Å². The van der Waals surface area contributed by atoms with Gasteiger partial charge in [-0.1, -0.05) is 18.2 Å². The summed E-state index contributed by atoms with van der Waals surface area (Å²) in [6.45, 7) is 2.39. The highest BCUT2D eigenvalue weighted by molar-refractivity contribution is 5.95. The van der Waals surface area contributed by atoms with Crippen molar-refractivity contribution in [2.75, 3.05) is 13.1 Å². The molecule has 1 aromatic heterocycles. The molecule has 1 aliphatic rings. The van der Waals surface area contributed by atoms with E-state index in [9.17, 15) is 4.79 Å². The highest BCUT2D eigenvalue weighted by Crippen LogP contribution is 2.25. The number of benzene rings is 1. The van der Waals surface area contributed by atoms with Crippen molar-refractivity contribution < 1.29 is 4.79 Å². The van der Waals surface area contributed by atoms with Crippen LogP contribution in [-0.4, -0.2) is 29.0 Å². The summed E-state index contributed by atoms with van der Waals surface area (Å²) in [5, 5.41) is 6.26. The second kappa shape index (κ2) is 5.88. The molecule has 0 spiro atoms. The van der Waals surface area contributed by atoms with Crippen LogP contribution in [0.2, 0.25) is 0 Å². The van der Waals surface area contributed by atoms with Crippen LogP contribution in [0.5, 0.6) is 0 Å². The lowest BCUT2D eigenvalue weighted by Crippen LogP contribution is -2.25. The third kappa shape index (κ3) is 2.72. The Morgan fingerprint density at radius 1 is 1.40 bits per heavy atom. The van der Waals surface area contributed by atoms with Gasteiger partial charge >= 0.3 is 0 Å². The topological polar surface area (TPSA) is 69.8 Å². The van der Waals surface area contributed by atoms with Gasteiger partial charge in [-0.05, 0) is 30.5 Å². The highest BCUT2D eigenvalue weighted by Gasteiger charge is 2.21. The van der Waals surface area contributed by atoms with Crippen molar-refractivity contribution in [2.24, 2.45) is 0 Å². The smallest absolute Gasteiger partial charge is 0.251 e. The van der Waals surface area contributed by atoms with Crippen LogP contribution in [0.15, 0.2) is 36.7 Å². The van der Waals surface area contributed by atoms with Crippen molar-refractivity contribution >= 4 is 5.91 Å². The van der Waals surface area contributed by atoms with Gasteiger partial charge in [0.05, 0.1) is 6.54 Å². The number of hydrogen-bond donors (Lipinski definition) is 3. The molecule has 0 saturated carbocycles. The summed E-state index contributed by atoms with van der Waals surface area (Å²) in [7, 11) is 0. The number of hydrogen-bond acceptors (Lipinski definition) is 3. The van der Waals surface area contributed by atoms with E-state index in [1.165, 1.54) is 0 Å². The van der Waals surface area contributed by atoms with E-state index in [0.29, 0.717) is 12.5 Å². The molecule has 1 aromatic carbocycles. The van der Waals surface area contributed by atoms with Crippen molar-refractivity contribution in [1.82, 2.24) is 20.6 Å². The number of amides is 1. The first-order valence-corrected chi connectivity index (χ1v) is 6.90. The van der Waals surface area contributed by atoms with E-state index in [-0.39, 0.29) is 5.91 Å². The van der Waals surface area contributed by atoms with E-state index in [4.69, 9.17) is 0 Å². The first-order valence-electron chi connectivity index (χ1n) is 6.90. The van der Waals surface area contributed by atoms with Gasteiger partial charge in [-0.25, -0.2) is 4.98 Å². The molecule has 0 radical (unpaired) electrons. The Balaban J connectivity index is 1.73. The van der Waals surface area contributed by atoms with E-state index in [1.54, 1.807) is 12.4 Å². The Morgan fingerprint density at radius 2 is 2.30 bits per heavy atom. The van der Waals surface area contributed by atoms with Gasteiger partial charge in [-0.15, -0.1) is 0 Å². The lowest BCUT2D eigenvalue weighted by Gasteiger charge is -2.14. The van der Waals surface area contributed by atoms with Crippen molar-refractivity contribution in [3.63, 3.8) is 0 Å². The lowest BCUT2D eigenvalue weighted by atomic mass is 9.93. The monoisotopic (exact) mass is 270 g/mol. The van der Waals surface area contributed by atoms with Crippen molar-refractivity contribution in [3.05, 3.63) is 53.6 Å². The molecule has 5 heteroatoms. The maximum Gasteiger partial charge on any atom is 0.251 e. The molecule has 3 N–H and O–H groups in total. The molecule has 1 fully saturated rings. The van der Waals surface area contributed by atoms with E-state index in [1.807, 2.05) is 18.2 Å². The average molecular weight is 270 g/mol. The highest BCUT2D eigenvalue weighted by atomic mass is 16.1. The summed E-state index contributed by atoms with van der Waals surface area (Å²) in [5.41, 5.74) is 1.90. The van der Waals surface area contributed by atoms with Gasteiger partial charge in [0, 0.05) is 24.5 Å². The van der Waals surface area contributed by atoms with Crippen molar-refractivity contribution in [3.8, 4) is 0 Å². The number of carbonyl (C=O) groups is 1. The van der Waals surface area contributed by atoms with Crippen LogP contribution in [0.25, 0.3) is 0 Å². The fourth-order valence-corrected chi connectivity index (χ4v) is 2.63. The van der Waals surface area contributed by atoms with E-state index in [0.717, 1.165) is 36.5 Å². The van der Waals surface area contributed by atoms with Gasteiger partial charge in [0.15, 0.2) is 0 Å². The molecule has 1 amide bonds. The van der Waals surface area contributed by atoms with E-state index >= 15 is 0 Å². The fourth-order valence-electron chi connectivity index (χ4n) is 2.63. The molecule has 1 aliphatic heterocycles. The zero-order valence-electron chi connectivity index (χ0n) is 11.2. The number of rotatable bonds is 4. The number of imidazole rings is 1. The lowest BCUT2D eigenvalue weighted by molar-refractivity contribution is 0.0948. The van der Waals surface area contributed by atoms with E-state index in [2.05, 4.69) is 26.7 Å². The van der Waals surface area contributed by atoms with Crippen LogP contribution in [0, 0.1) is 0 Å². The van der Waals surface area contributed by atoms with Gasteiger partial charge < -0.3 is 15.6 Å². The molecule has 0 aliphatic carbocycles. The molecule has 0 unspecified atom stereocenters. The normalized spacial score (nSPS) is 18.1. The Labute approximate surface area is 117 Å². The van der Waals surface area contributed by atoms with Gasteiger partial charge in [0.1, 0.15) is 5.82 Å².